The molecule has 7 heteroatoms. The first-order valence-electron chi connectivity index (χ1n) is 4.82. The maximum Gasteiger partial charge on any atom is 0.270 e. The monoisotopic (exact) mass is 302 g/mol. The lowest BCUT2D eigenvalue weighted by atomic mass is 10.2. The number of benzene rings is 1. The Hall–Kier alpha value is -1.47. The molecule has 17 heavy (non-hydrogen) atoms. The number of carbonyl (C=O) groups is 1. The first kappa shape index (κ1) is 13.6. The third-order valence-electron chi connectivity index (χ3n) is 1.96. The van der Waals surface area contributed by atoms with Crippen molar-refractivity contribution in [1.82, 2.24) is 5.32 Å². The summed E-state index contributed by atoms with van der Waals surface area (Å²) in [5.41, 5.74) is 0.00949. The van der Waals surface area contributed by atoms with Gasteiger partial charge in [0.15, 0.2) is 0 Å². The highest BCUT2D eigenvalue weighted by molar-refractivity contribution is 9.10. The van der Waals surface area contributed by atoms with Crippen LogP contribution in [0.15, 0.2) is 22.7 Å². The Morgan fingerprint density at radius 3 is 2.82 bits per heavy atom. The molecule has 0 aliphatic carbocycles. The summed E-state index contributed by atoms with van der Waals surface area (Å²) in [5.74, 6) is -0.471. The van der Waals surface area contributed by atoms with Crippen LogP contribution in [0, 0.1) is 10.1 Å². The summed E-state index contributed by atoms with van der Waals surface area (Å²) in [6, 6.07) is 3.92. The molecule has 0 radical (unpaired) electrons. The lowest BCUT2D eigenvalue weighted by Crippen LogP contribution is -2.30. The fourth-order valence-electron chi connectivity index (χ4n) is 1.14. The second kappa shape index (κ2) is 5.74. The lowest BCUT2D eigenvalue weighted by molar-refractivity contribution is -0.384. The van der Waals surface area contributed by atoms with E-state index in [1.807, 2.05) is 0 Å². The lowest BCUT2D eigenvalue weighted by Gasteiger charge is -2.08. The number of non-ortho nitro benzene ring substituents is 1. The van der Waals surface area contributed by atoms with Gasteiger partial charge in [-0.05, 0) is 28.9 Å². The molecule has 0 bridgehead atoms. The van der Waals surface area contributed by atoms with Crippen molar-refractivity contribution < 1.29 is 14.8 Å². The average molecular weight is 303 g/mol. The van der Waals surface area contributed by atoms with Crippen molar-refractivity contribution in [3.05, 3.63) is 38.3 Å². The van der Waals surface area contributed by atoms with Crippen LogP contribution in [0.25, 0.3) is 0 Å². The normalized spacial score (nSPS) is 11.9. The van der Waals surface area contributed by atoms with E-state index in [4.69, 9.17) is 5.11 Å². The zero-order valence-corrected chi connectivity index (χ0v) is 10.6. The van der Waals surface area contributed by atoms with E-state index in [0.717, 1.165) is 0 Å². The van der Waals surface area contributed by atoms with Gasteiger partial charge in [-0.3, -0.25) is 14.9 Å². The molecule has 1 atom stereocenters. The molecule has 1 aromatic rings. The number of hydrogen-bond donors (Lipinski definition) is 2. The molecule has 1 amide bonds. The molecule has 0 aliphatic heterocycles. The van der Waals surface area contributed by atoms with Crippen molar-refractivity contribution in [2.75, 3.05) is 6.54 Å². The number of amides is 1. The highest BCUT2D eigenvalue weighted by atomic mass is 79.9. The minimum Gasteiger partial charge on any atom is -0.392 e. The van der Waals surface area contributed by atoms with Gasteiger partial charge in [0.05, 0.1) is 16.6 Å². The number of hydrogen-bond acceptors (Lipinski definition) is 4. The maximum atomic E-state index is 11.7. The van der Waals surface area contributed by atoms with Crippen LogP contribution in [0.2, 0.25) is 0 Å². The molecule has 0 heterocycles. The second-order valence-corrected chi connectivity index (χ2v) is 4.33. The number of rotatable bonds is 4. The molecule has 1 unspecified atom stereocenters. The van der Waals surface area contributed by atoms with Gasteiger partial charge in [0.25, 0.3) is 11.6 Å². The summed E-state index contributed by atoms with van der Waals surface area (Å²) < 4.78 is 0.464. The van der Waals surface area contributed by atoms with E-state index in [9.17, 15) is 14.9 Å². The van der Waals surface area contributed by atoms with Crippen molar-refractivity contribution >= 4 is 27.5 Å². The van der Waals surface area contributed by atoms with E-state index in [0.29, 0.717) is 4.47 Å². The quantitative estimate of drug-likeness (QED) is 0.650. The summed E-state index contributed by atoms with van der Waals surface area (Å²) in [6.45, 7) is 1.62. The van der Waals surface area contributed by atoms with Gasteiger partial charge in [0.2, 0.25) is 0 Å². The van der Waals surface area contributed by atoms with E-state index in [1.54, 1.807) is 0 Å². The second-order valence-electron chi connectivity index (χ2n) is 3.48. The van der Waals surface area contributed by atoms with E-state index >= 15 is 0 Å². The van der Waals surface area contributed by atoms with Crippen LogP contribution in [0.3, 0.4) is 0 Å². The first-order chi connectivity index (χ1) is 7.91. The smallest absolute Gasteiger partial charge is 0.270 e. The van der Waals surface area contributed by atoms with Crippen molar-refractivity contribution in [1.29, 1.82) is 0 Å². The number of carbonyl (C=O) groups excluding carboxylic acids is 1. The molecule has 0 fully saturated rings. The highest BCUT2D eigenvalue weighted by Crippen LogP contribution is 2.22. The fraction of sp³-hybridized carbons (Fsp3) is 0.300. The van der Waals surface area contributed by atoms with Crippen LogP contribution in [0.1, 0.15) is 17.3 Å². The van der Waals surface area contributed by atoms with Gasteiger partial charge in [-0.15, -0.1) is 0 Å². The van der Waals surface area contributed by atoms with Gasteiger partial charge in [0.1, 0.15) is 0 Å². The fourth-order valence-corrected chi connectivity index (χ4v) is 1.56. The predicted octanol–water partition coefficient (Wildman–Crippen LogP) is 1.47. The zero-order valence-electron chi connectivity index (χ0n) is 9.01. The standard InChI is InChI=1S/C10H11BrN2O4/c1-6(14)5-12-10(15)8-4-7(13(16)17)2-3-9(8)11/h2-4,6,14H,5H2,1H3,(H,12,15). The number of halogens is 1. The summed E-state index contributed by atoms with van der Waals surface area (Å²) in [7, 11) is 0. The number of nitro groups is 1. The van der Waals surface area contributed by atoms with E-state index in [2.05, 4.69) is 21.2 Å². The number of nitro benzene ring substituents is 1. The van der Waals surface area contributed by atoms with Crippen LogP contribution >= 0.6 is 15.9 Å². The van der Waals surface area contributed by atoms with Gasteiger partial charge in [0, 0.05) is 23.2 Å². The van der Waals surface area contributed by atoms with Crippen LogP contribution in [-0.2, 0) is 0 Å². The van der Waals surface area contributed by atoms with E-state index < -0.39 is 16.9 Å². The van der Waals surface area contributed by atoms with Crippen molar-refractivity contribution in [3.8, 4) is 0 Å². The number of nitrogens with zero attached hydrogens (tertiary/aromatic N) is 1. The van der Waals surface area contributed by atoms with Crippen molar-refractivity contribution in [3.63, 3.8) is 0 Å². The summed E-state index contributed by atoms with van der Waals surface area (Å²) in [4.78, 5) is 21.7. The Labute approximate surface area is 106 Å². The van der Waals surface area contributed by atoms with E-state index in [1.165, 1.54) is 25.1 Å². The molecule has 6 nitrogen and oxygen atoms in total. The molecule has 1 rings (SSSR count). The molecule has 0 aliphatic rings. The number of aliphatic hydroxyl groups is 1. The summed E-state index contributed by atoms with van der Waals surface area (Å²) in [5, 5.41) is 22.1. The molecule has 0 aromatic heterocycles. The van der Waals surface area contributed by atoms with Gasteiger partial charge in [-0.2, -0.15) is 0 Å². The van der Waals surface area contributed by atoms with Gasteiger partial charge >= 0.3 is 0 Å². The first-order valence-corrected chi connectivity index (χ1v) is 5.61. The van der Waals surface area contributed by atoms with Crippen LogP contribution in [0.4, 0.5) is 5.69 Å². The SMILES string of the molecule is CC(O)CNC(=O)c1cc([N+](=O)[O-])ccc1Br. The predicted molar refractivity (Wildman–Crippen MR) is 64.8 cm³/mol. The van der Waals surface area contributed by atoms with Crippen molar-refractivity contribution in [2.24, 2.45) is 0 Å². The molecule has 0 spiro atoms. The Balaban J connectivity index is 2.92. The van der Waals surface area contributed by atoms with Crippen LogP contribution in [0.5, 0.6) is 0 Å². The maximum absolute atomic E-state index is 11.7. The Morgan fingerprint density at radius 1 is 1.65 bits per heavy atom. The highest BCUT2D eigenvalue weighted by Gasteiger charge is 2.15. The van der Waals surface area contributed by atoms with Gasteiger partial charge in [-0.1, -0.05) is 0 Å². The Kier molecular flexibility index (Phi) is 4.59. The van der Waals surface area contributed by atoms with Gasteiger partial charge < -0.3 is 10.4 Å². The number of nitrogens with one attached hydrogen (secondary N) is 1. The Morgan fingerprint density at radius 2 is 2.29 bits per heavy atom. The third-order valence-corrected chi connectivity index (χ3v) is 2.65. The summed E-state index contributed by atoms with van der Waals surface area (Å²) >= 11 is 3.14. The minimum atomic E-state index is -0.670. The molecule has 0 saturated heterocycles. The molecular formula is C10H11BrN2O4. The largest absolute Gasteiger partial charge is 0.392 e. The molecule has 2 N–H and O–H groups in total. The van der Waals surface area contributed by atoms with E-state index in [-0.39, 0.29) is 17.8 Å². The average Bonchev–Trinajstić information content (AvgIpc) is 2.26. The van der Waals surface area contributed by atoms with Gasteiger partial charge in [-0.25, -0.2) is 0 Å². The minimum absolute atomic E-state index is 0.0912. The summed E-state index contributed by atoms with van der Waals surface area (Å²) in [6.07, 6.45) is -0.670. The van der Waals surface area contributed by atoms with Crippen molar-refractivity contribution in [2.45, 2.75) is 13.0 Å². The molecule has 0 saturated carbocycles. The molecule has 1 aromatic carbocycles. The number of aliphatic hydroxyl groups excluding tert-OH is 1. The van der Waals surface area contributed by atoms with Crippen LogP contribution < -0.4 is 5.32 Å². The topological polar surface area (TPSA) is 92.5 Å². The molecular weight excluding hydrogens is 292 g/mol. The third kappa shape index (κ3) is 3.79. The van der Waals surface area contributed by atoms with Crippen LogP contribution in [-0.4, -0.2) is 28.6 Å². The molecule has 92 valence electrons. The Bertz CT molecular complexity index is 448. The zero-order chi connectivity index (χ0) is 13.0.